The molecule has 3 amide bonds. The predicted molar refractivity (Wildman–Crippen MR) is 126 cm³/mol. The van der Waals surface area contributed by atoms with Crippen LogP contribution in [-0.2, 0) is 9.53 Å². The molecule has 0 aromatic heterocycles. The quantitative estimate of drug-likeness (QED) is 0.346. The summed E-state index contributed by atoms with van der Waals surface area (Å²) in [6.07, 6.45) is -0.814. The van der Waals surface area contributed by atoms with Crippen LogP contribution in [0.2, 0.25) is 0 Å². The number of ether oxygens (including phenoxy) is 2. The van der Waals surface area contributed by atoms with Crippen molar-refractivity contribution in [3.8, 4) is 5.75 Å². The SMILES string of the molecule is CCOC(=O)Oc1ccc(C(=O)Nc2ccc(NC(=O)CNC(=O)c3ccccc3)cc2)cc1. The average Bonchev–Trinajstić information content (AvgIpc) is 2.85. The van der Waals surface area contributed by atoms with Crippen LogP contribution in [-0.4, -0.2) is 37.0 Å². The van der Waals surface area contributed by atoms with Crippen LogP contribution in [0.1, 0.15) is 27.6 Å². The third kappa shape index (κ3) is 7.20. The summed E-state index contributed by atoms with van der Waals surface area (Å²) in [7, 11) is 0. The molecule has 0 aliphatic heterocycles. The zero-order valence-corrected chi connectivity index (χ0v) is 18.4. The van der Waals surface area contributed by atoms with Gasteiger partial charge in [0.1, 0.15) is 5.75 Å². The maximum atomic E-state index is 12.4. The second-order valence-electron chi connectivity index (χ2n) is 6.94. The maximum Gasteiger partial charge on any atom is 0.513 e. The fourth-order valence-corrected chi connectivity index (χ4v) is 2.82. The van der Waals surface area contributed by atoms with Crippen molar-refractivity contribution < 1.29 is 28.7 Å². The van der Waals surface area contributed by atoms with Crippen molar-refractivity contribution in [1.82, 2.24) is 5.32 Å². The second kappa shape index (κ2) is 11.8. The predicted octanol–water partition coefficient (Wildman–Crippen LogP) is 3.84. The number of carbonyl (C=O) groups excluding carboxylic acids is 4. The Bertz CT molecular complexity index is 1150. The first-order valence-electron chi connectivity index (χ1n) is 10.4. The molecule has 0 saturated heterocycles. The fourth-order valence-electron chi connectivity index (χ4n) is 2.82. The molecular formula is C25H23N3O6. The molecule has 3 aromatic rings. The lowest BCUT2D eigenvalue weighted by atomic mass is 10.2. The number of rotatable bonds is 8. The second-order valence-corrected chi connectivity index (χ2v) is 6.94. The Balaban J connectivity index is 1.47. The standard InChI is InChI=1S/C25H23N3O6/c1-2-33-25(32)34-21-14-8-18(9-15-21)24(31)28-20-12-10-19(11-13-20)27-22(29)16-26-23(30)17-6-4-3-5-7-17/h3-15H,2,16H2,1H3,(H,26,30)(H,27,29)(H,28,31). The zero-order chi connectivity index (χ0) is 24.3. The lowest BCUT2D eigenvalue weighted by molar-refractivity contribution is -0.115. The van der Waals surface area contributed by atoms with Crippen LogP contribution in [0, 0.1) is 0 Å². The van der Waals surface area contributed by atoms with Crippen LogP contribution in [0.25, 0.3) is 0 Å². The molecule has 0 heterocycles. The number of hydrogen-bond acceptors (Lipinski definition) is 6. The van der Waals surface area contributed by atoms with Gasteiger partial charge in [0.2, 0.25) is 5.91 Å². The molecule has 0 radical (unpaired) electrons. The van der Waals surface area contributed by atoms with E-state index in [4.69, 9.17) is 9.47 Å². The number of amides is 3. The molecular weight excluding hydrogens is 438 g/mol. The van der Waals surface area contributed by atoms with Crippen LogP contribution >= 0.6 is 0 Å². The van der Waals surface area contributed by atoms with Gasteiger partial charge in [-0.15, -0.1) is 0 Å². The smallest absolute Gasteiger partial charge is 0.434 e. The van der Waals surface area contributed by atoms with E-state index in [-0.39, 0.29) is 36.6 Å². The Morgan fingerprint density at radius 2 is 1.29 bits per heavy atom. The molecule has 0 aliphatic rings. The number of hydrogen-bond donors (Lipinski definition) is 3. The first-order valence-corrected chi connectivity index (χ1v) is 10.4. The molecule has 0 saturated carbocycles. The van der Waals surface area contributed by atoms with Gasteiger partial charge in [-0.25, -0.2) is 4.79 Å². The molecule has 3 N–H and O–H groups in total. The van der Waals surface area contributed by atoms with Gasteiger partial charge in [-0.05, 0) is 67.6 Å². The topological polar surface area (TPSA) is 123 Å². The first kappa shape index (κ1) is 24.0. The summed E-state index contributed by atoms with van der Waals surface area (Å²) < 4.78 is 9.65. The Labute approximate surface area is 196 Å². The highest BCUT2D eigenvalue weighted by atomic mass is 16.7. The molecule has 9 nitrogen and oxygen atoms in total. The maximum absolute atomic E-state index is 12.4. The van der Waals surface area contributed by atoms with Gasteiger partial charge in [0.05, 0.1) is 13.2 Å². The fraction of sp³-hybridized carbons (Fsp3) is 0.120. The summed E-state index contributed by atoms with van der Waals surface area (Å²) in [4.78, 5) is 47.8. The van der Waals surface area contributed by atoms with Gasteiger partial charge in [-0.3, -0.25) is 14.4 Å². The van der Waals surface area contributed by atoms with Crippen LogP contribution in [0.3, 0.4) is 0 Å². The van der Waals surface area contributed by atoms with Crippen molar-refractivity contribution in [3.05, 3.63) is 90.0 Å². The van der Waals surface area contributed by atoms with Crippen molar-refractivity contribution in [3.63, 3.8) is 0 Å². The minimum Gasteiger partial charge on any atom is -0.434 e. The van der Waals surface area contributed by atoms with E-state index in [0.717, 1.165) is 0 Å². The summed E-state index contributed by atoms with van der Waals surface area (Å²) in [5.41, 5.74) is 1.86. The molecule has 0 aliphatic carbocycles. The normalized spacial score (nSPS) is 10.0. The van der Waals surface area contributed by atoms with E-state index in [9.17, 15) is 19.2 Å². The van der Waals surface area contributed by atoms with E-state index in [0.29, 0.717) is 22.5 Å². The van der Waals surface area contributed by atoms with Crippen LogP contribution < -0.4 is 20.7 Å². The molecule has 174 valence electrons. The van der Waals surface area contributed by atoms with Gasteiger partial charge >= 0.3 is 6.16 Å². The van der Waals surface area contributed by atoms with E-state index in [1.54, 1.807) is 61.5 Å². The van der Waals surface area contributed by atoms with Gasteiger partial charge in [-0.2, -0.15) is 0 Å². The first-order chi connectivity index (χ1) is 16.4. The van der Waals surface area contributed by atoms with Gasteiger partial charge in [0.25, 0.3) is 11.8 Å². The summed E-state index contributed by atoms with van der Waals surface area (Å²) in [5, 5.41) is 7.96. The van der Waals surface area contributed by atoms with Crippen LogP contribution in [0.5, 0.6) is 5.75 Å². The summed E-state index contributed by atoms with van der Waals surface area (Å²) >= 11 is 0. The highest BCUT2D eigenvalue weighted by molar-refractivity contribution is 6.04. The van der Waals surface area contributed by atoms with E-state index in [1.165, 1.54) is 24.3 Å². The minimum atomic E-state index is -0.814. The monoisotopic (exact) mass is 461 g/mol. The van der Waals surface area contributed by atoms with E-state index in [2.05, 4.69) is 16.0 Å². The van der Waals surface area contributed by atoms with Crippen LogP contribution in [0.4, 0.5) is 16.2 Å². The third-order valence-corrected chi connectivity index (χ3v) is 4.45. The van der Waals surface area contributed by atoms with Gasteiger partial charge < -0.3 is 25.4 Å². The van der Waals surface area contributed by atoms with Crippen molar-refractivity contribution in [1.29, 1.82) is 0 Å². The summed E-state index contributed by atoms with van der Waals surface area (Å²) in [5.74, 6) is -0.821. The third-order valence-electron chi connectivity index (χ3n) is 4.45. The number of benzene rings is 3. The van der Waals surface area contributed by atoms with Crippen molar-refractivity contribution in [2.24, 2.45) is 0 Å². The number of nitrogens with one attached hydrogen (secondary N) is 3. The molecule has 0 spiro atoms. The molecule has 0 unspecified atom stereocenters. The molecule has 9 heteroatoms. The van der Waals surface area contributed by atoms with Gasteiger partial charge in [-0.1, -0.05) is 18.2 Å². The lowest BCUT2D eigenvalue weighted by Crippen LogP contribution is -2.32. The molecule has 3 aromatic carbocycles. The van der Waals surface area contributed by atoms with Gasteiger partial charge in [0, 0.05) is 22.5 Å². The molecule has 0 fully saturated rings. The van der Waals surface area contributed by atoms with Crippen molar-refractivity contribution in [2.45, 2.75) is 6.92 Å². The van der Waals surface area contributed by atoms with Crippen molar-refractivity contribution >= 4 is 35.3 Å². The lowest BCUT2D eigenvalue weighted by Gasteiger charge is -2.09. The number of carbonyl (C=O) groups is 4. The molecule has 0 atom stereocenters. The Morgan fingerprint density at radius 1 is 0.706 bits per heavy atom. The molecule has 3 rings (SSSR count). The molecule has 0 bridgehead atoms. The Morgan fingerprint density at radius 3 is 1.91 bits per heavy atom. The summed E-state index contributed by atoms with van der Waals surface area (Å²) in [6, 6.07) is 21.1. The average molecular weight is 461 g/mol. The van der Waals surface area contributed by atoms with E-state index in [1.807, 2.05) is 0 Å². The van der Waals surface area contributed by atoms with Crippen molar-refractivity contribution in [2.75, 3.05) is 23.8 Å². The van der Waals surface area contributed by atoms with E-state index < -0.39 is 6.16 Å². The van der Waals surface area contributed by atoms with E-state index >= 15 is 0 Å². The van der Waals surface area contributed by atoms with Gasteiger partial charge in [0.15, 0.2) is 0 Å². The molecule has 34 heavy (non-hydrogen) atoms. The highest BCUT2D eigenvalue weighted by Gasteiger charge is 2.10. The minimum absolute atomic E-state index is 0.178. The summed E-state index contributed by atoms with van der Waals surface area (Å²) in [6.45, 7) is 1.69. The Hall–Kier alpha value is -4.66. The van der Waals surface area contributed by atoms with Crippen LogP contribution in [0.15, 0.2) is 78.9 Å². The number of anilines is 2. The zero-order valence-electron chi connectivity index (χ0n) is 18.4. The Kier molecular flexibility index (Phi) is 8.34. The largest absolute Gasteiger partial charge is 0.513 e. The highest BCUT2D eigenvalue weighted by Crippen LogP contribution is 2.17.